The molecule has 0 bridgehead atoms. The summed E-state index contributed by atoms with van der Waals surface area (Å²) in [5, 5.41) is 10.5. The highest BCUT2D eigenvalue weighted by Crippen LogP contribution is 2.24. The van der Waals surface area contributed by atoms with Gasteiger partial charge in [0.05, 0.1) is 19.3 Å². The SMILES string of the molecule is O=C(Cc1cnc[nH]1)N1CC[C@@](O)(COc2cccc(F)c2)C1. The van der Waals surface area contributed by atoms with E-state index in [-0.39, 0.29) is 25.5 Å². The monoisotopic (exact) mass is 319 g/mol. The Labute approximate surface area is 132 Å². The summed E-state index contributed by atoms with van der Waals surface area (Å²) in [6.07, 6.45) is 3.78. The van der Waals surface area contributed by atoms with Crippen LogP contribution < -0.4 is 4.74 Å². The number of amides is 1. The number of hydrogen-bond acceptors (Lipinski definition) is 4. The summed E-state index contributed by atoms with van der Waals surface area (Å²) >= 11 is 0. The van der Waals surface area contributed by atoms with Crippen LogP contribution >= 0.6 is 0 Å². The van der Waals surface area contributed by atoms with Crippen LogP contribution in [0.5, 0.6) is 5.75 Å². The summed E-state index contributed by atoms with van der Waals surface area (Å²) < 4.78 is 18.6. The molecule has 1 aliphatic heterocycles. The van der Waals surface area contributed by atoms with E-state index in [9.17, 15) is 14.3 Å². The van der Waals surface area contributed by atoms with E-state index in [2.05, 4.69) is 9.97 Å². The van der Waals surface area contributed by atoms with Crippen LogP contribution in [-0.2, 0) is 11.2 Å². The average Bonchev–Trinajstić information content (AvgIpc) is 3.16. The number of carbonyl (C=O) groups is 1. The van der Waals surface area contributed by atoms with Gasteiger partial charge < -0.3 is 19.7 Å². The fourth-order valence-corrected chi connectivity index (χ4v) is 2.62. The number of likely N-dealkylation sites (tertiary alicyclic amines) is 1. The molecule has 1 atom stereocenters. The Kier molecular flexibility index (Phi) is 4.29. The minimum atomic E-state index is -1.12. The first-order valence-electron chi connectivity index (χ1n) is 7.40. The van der Waals surface area contributed by atoms with Gasteiger partial charge in [-0.3, -0.25) is 4.79 Å². The molecule has 2 N–H and O–H groups in total. The van der Waals surface area contributed by atoms with Crippen molar-refractivity contribution in [3.8, 4) is 5.75 Å². The van der Waals surface area contributed by atoms with Crippen LogP contribution in [0.1, 0.15) is 12.1 Å². The summed E-state index contributed by atoms with van der Waals surface area (Å²) in [5.74, 6) is -0.103. The van der Waals surface area contributed by atoms with Gasteiger partial charge in [0.25, 0.3) is 0 Å². The van der Waals surface area contributed by atoms with Crippen LogP contribution in [0.15, 0.2) is 36.8 Å². The van der Waals surface area contributed by atoms with Crippen molar-refractivity contribution in [2.24, 2.45) is 0 Å². The highest BCUT2D eigenvalue weighted by atomic mass is 19.1. The summed E-state index contributed by atoms with van der Waals surface area (Å²) in [6.45, 7) is 0.690. The number of β-amino-alcohol motifs (C(OH)–C–C–N with tert-alkyl or cyclic N) is 1. The Morgan fingerprint density at radius 1 is 1.52 bits per heavy atom. The molecule has 1 aromatic carbocycles. The number of ether oxygens (including phenoxy) is 1. The summed E-state index contributed by atoms with van der Waals surface area (Å²) in [5.41, 5.74) is -0.378. The van der Waals surface area contributed by atoms with E-state index >= 15 is 0 Å². The molecular weight excluding hydrogens is 301 g/mol. The zero-order valence-electron chi connectivity index (χ0n) is 12.5. The molecule has 7 heteroatoms. The lowest BCUT2D eigenvalue weighted by molar-refractivity contribution is -0.130. The van der Waals surface area contributed by atoms with Crippen molar-refractivity contribution in [1.82, 2.24) is 14.9 Å². The van der Waals surface area contributed by atoms with Crippen LogP contribution in [0.3, 0.4) is 0 Å². The first-order valence-corrected chi connectivity index (χ1v) is 7.40. The standard InChI is InChI=1S/C16H18FN3O3/c17-12-2-1-3-14(6-12)23-10-16(22)4-5-20(9-16)15(21)7-13-8-18-11-19-13/h1-3,6,8,11,22H,4-5,7,9-10H2,(H,18,19)/t16-/m0/s1. The molecule has 0 unspecified atom stereocenters. The van der Waals surface area contributed by atoms with Gasteiger partial charge in [0.1, 0.15) is 23.8 Å². The molecule has 1 aromatic heterocycles. The van der Waals surface area contributed by atoms with Crippen LogP contribution in [-0.4, -0.2) is 51.2 Å². The smallest absolute Gasteiger partial charge is 0.228 e. The Balaban J connectivity index is 1.54. The zero-order chi connectivity index (χ0) is 16.3. The minimum absolute atomic E-state index is 0.0181. The van der Waals surface area contributed by atoms with Crippen molar-refractivity contribution in [3.05, 3.63) is 48.3 Å². The first kappa shape index (κ1) is 15.5. The number of nitrogens with one attached hydrogen (secondary N) is 1. The number of halogens is 1. The zero-order valence-corrected chi connectivity index (χ0v) is 12.5. The molecular formula is C16H18FN3O3. The number of rotatable bonds is 5. The minimum Gasteiger partial charge on any atom is -0.490 e. The Bertz CT molecular complexity index is 677. The van der Waals surface area contributed by atoms with Gasteiger partial charge in [-0.15, -0.1) is 0 Å². The second kappa shape index (κ2) is 6.37. The lowest BCUT2D eigenvalue weighted by Crippen LogP contribution is -2.41. The number of carbonyl (C=O) groups excluding carboxylic acids is 1. The molecule has 0 saturated carbocycles. The number of benzene rings is 1. The molecule has 1 saturated heterocycles. The third kappa shape index (κ3) is 3.87. The Hall–Kier alpha value is -2.41. The van der Waals surface area contributed by atoms with Crippen LogP contribution in [0, 0.1) is 5.82 Å². The van der Waals surface area contributed by atoms with Crippen molar-refractivity contribution in [3.63, 3.8) is 0 Å². The van der Waals surface area contributed by atoms with E-state index < -0.39 is 11.4 Å². The molecule has 0 spiro atoms. The third-order valence-corrected chi connectivity index (χ3v) is 3.89. The topological polar surface area (TPSA) is 78.5 Å². The van der Waals surface area contributed by atoms with Crippen molar-refractivity contribution in [1.29, 1.82) is 0 Å². The maximum absolute atomic E-state index is 13.1. The predicted octanol–water partition coefficient (Wildman–Crippen LogP) is 1.13. The van der Waals surface area contributed by atoms with Crippen LogP contribution in [0.25, 0.3) is 0 Å². The highest BCUT2D eigenvalue weighted by Gasteiger charge is 2.39. The molecule has 23 heavy (non-hydrogen) atoms. The van der Waals surface area contributed by atoms with Crippen molar-refractivity contribution >= 4 is 5.91 Å². The normalized spacial score (nSPS) is 20.7. The number of hydrogen-bond donors (Lipinski definition) is 2. The van der Waals surface area contributed by atoms with E-state index in [4.69, 9.17) is 4.74 Å². The number of H-pyrrole nitrogens is 1. The Morgan fingerprint density at radius 2 is 2.39 bits per heavy atom. The number of aromatic amines is 1. The number of aromatic nitrogens is 2. The maximum Gasteiger partial charge on any atom is 0.228 e. The molecule has 122 valence electrons. The maximum atomic E-state index is 13.1. The average molecular weight is 319 g/mol. The van der Waals surface area contributed by atoms with Crippen molar-refractivity contribution in [2.75, 3.05) is 19.7 Å². The number of nitrogens with zero attached hydrogens (tertiary/aromatic N) is 2. The third-order valence-electron chi connectivity index (χ3n) is 3.89. The fraction of sp³-hybridized carbons (Fsp3) is 0.375. The van der Waals surface area contributed by atoms with Gasteiger partial charge >= 0.3 is 0 Å². The van der Waals surface area contributed by atoms with Crippen molar-refractivity contribution in [2.45, 2.75) is 18.4 Å². The van der Waals surface area contributed by atoms with E-state index in [1.54, 1.807) is 23.2 Å². The van der Waals surface area contributed by atoms with Gasteiger partial charge in [0.15, 0.2) is 0 Å². The predicted molar refractivity (Wildman–Crippen MR) is 80.3 cm³/mol. The largest absolute Gasteiger partial charge is 0.490 e. The molecule has 0 aliphatic carbocycles. The molecule has 1 fully saturated rings. The summed E-state index contributed by atoms with van der Waals surface area (Å²) in [4.78, 5) is 20.6. The van der Waals surface area contributed by atoms with Gasteiger partial charge in [0.2, 0.25) is 5.91 Å². The quantitative estimate of drug-likeness (QED) is 0.866. The van der Waals surface area contributed by atoms with E-state index in [0.29, 0.717) is 18.7 Å². The van der Waals surface area contributed by atoms with Gasteiger partial charge in [-0.2, -0.15) is 0 Å². The number of aliphatic hydroxyl groups is 1. The van der Waals surface area contributed by atoms with Crippen LogP contribution in [0.4, 0.5) is 4.39 Å². The lowest BCUT2D eigenvalue weighted by Gasteiger charge is -2.23. The fourth-order valence-electron chi connectivity index (χ4n) is 2.62. The van der Waals surface area contributed by atoms with E-state index in [1.807, 2.05) is 0 Å². The van der Waals surface area contributed by atoms with Gasteiger partial charge in [-0.25, -0.2) is 9.37 Å². The van der Waals surface area contributed by atoms with Crippen LogP contribution in [0.2, 0.25) is 0 Å². The second-order valence-corrected chi connectivity index (χ2v) is 5.79. The van der Waals surface area contributed by atoms with Gasteiger partial charge in [-0.1, -0.05) is 6.07 Å². The van der Waals surface area contributed by atoms with E-state index in [0.717, 1.165) is 5.69 Å². The number of imidazole rings is 1. The molecule has 1 aliphatic rings. The molecule has 2 heterocycles. The lowest BCUT2D eigenvalue weighted by atomic mass is 10.1. The second-order valence-electron chi connectivity index (χ2n) is 5.79. The molecule has 1 amide bonds. The first-order chi connectivity index (χ1) is 11.0. The van der Waals surface area contributed by atoms with E-state index in [1.165, 1.54) is 18.5 Å². The molecule has 2 aromatic rings. The summed E-state index contributed by atoms with van der Waals surface area (Å²) in [7, 11) is 0. The molecule has 0 radical (unpaired) electrons. The van der Waals surface area contributed by atoms with Crippen molar-refractivity contribution < 1.29 is 19.0 Å². The summed E-state index contributed by atoms with van der Waals surface area (Å²) in [6, 6.07) is 5.76. The molecule has 6 nitrogen and oxygen atoms in total. The van der Waals surface area contributed by atoms with Gasteiger partial charge in [0, 0.05) is 24.5 Å². The van der Waals surface area contributed by atoms with Gasteiger partial charge in [-0.05, 0) is 18.6 Å². The Morgan fingerprint density at radius 3 is 3.13 bits per heavy atom. The highest BCUT2D eigenvalue weighted by molar-refractivity contribution is 5.78. The molecule has 3 rings (SSSR count).